The molecule has 0 radical (unpaired) electrons. The van der Waals surface area contributed by atoms with Gasteiger partial charge in [0.05, 0.1) is 19.4 Å². The van der Waals surface area contributed by atoms with Crippen LogP contribution in [0.1, 0.15) is 27.8 Å². The largest absolute Gasteiger partial charge is 0.464 e. The van der Waals surface area contributed by atoms with E-state index < -0.39 is 18.7 Å². The summed E-state index contributed by atoms with van der Waals surface area (Å²) in [4.78, 5) is 15.1. The number of carbonyl (C=O) groups is 1. The second kappa shape index (κ2) is 4.86. The van der Waals surface area contributed by atoms with E-state index in [4.69, 9.17) is 5.11 Å². The van der Waals surface area contributed by atoms with Crippen molar-refractivity contribution in [2.45, 2.75) is 13.0 Å². The Bertz CT molecular complexity index is 364. The predicted octanol–water partition coefficient (Wildman–Crippen LogP) is 0.202. The normalized spacial score (nSPS) is 12.3. The smallest absolute Gasteiger partial charge is 0.356 e. The molecule has 0 aliphatic heterocycles. The Balaban J connectivity index is 3.10. The maximum Gasteiger partial charge on any atom is 0.356 e. The summed E-state index contributed by atoms with van der Waals surface area (Å²) in [5, 5.41) is 18.2. The number of hydrogen-bond acceptors (Lipinski definition) is 5. The minimum atomic E-state index is -1.07. The Hall–Kier alpha value is -1.46. The molecular formula is C10H13NO4. The molecule has 0 fully saturated rings. The van der Waals surface area contributed by atoms with Gasteiger partial charge in [-0.1, -0.05) is 6.07 Å². The average Bonchev–Trinajstić information content (AvgIpc) is 2.27. The Morgan fingerprint density at radius 2 is 2.27 bits per heavy atom. The van der Waals surface area contributed by atoms with Crippen LogP contribution < -0.4 is 0 Å². The van der Waals surface area contributed by atoms with Crippen LogP contribution in [0.15, 0.2) is 12.1 Å². The maximum atomic E-state index is 11.2. The van der Waals surface area contributed by atoms with Crippen LogP contribution >= 0.6 is 0 Å². The fourth-order valence-electron chi connectivity index (χ4n) is 1.19. The van der Waals surface area contributed by atoms with E-state index in [1.807, 2.05) is 0 Å². The maximum absolute atomic E-state index is 11.2. The summed E-state index contributed by atoms with van der Waals surface area (Å²) < 4.78 is 4.50. The summed E-state index contributed by atoms with van der Waals surface area (Å²) >= 11 is 0. The third kappa shape index (κ3) is 2.51. The molecule has 82 valence electrons. The van der Waals surface area contributed by atoms with Crippen molar-refractivity contribution in [2.75, 3.05) is 13.7 Å². The molecule has 2 N–H and O–H groups in total. The fraction of sp³-hybridized carbons (Fsp3) is 0.400. The lowest BCUT2D eigenvalue weighted by Gasteiger charge is -2.10. The van der Waals surface area contributed by atoms with Crippen molar-refractivity contribution in [1.82, 2.24) is 4.98 Å². The van der Waals surface area contributed by atoms with Crippen molar-refractivity contribution < 1.29 is 19.7 Å². The number of pyridine rings is 1. The van der Waals surface area contributed by atoms with E-state index in [1.54, 1.807) is 13.0 Å². The first-order valence-electron chi connectivity index (χ1n) is 4.45. The van der Waals surface area contributed by atoms with Gasteiger partial charge >= 0.3 is 5.97 Å². The van der Waals surface area contributed by atoms with Gasteiger partial charge in [0, 0.05) is 0 Å². The van der Waals surface area contributed by atoms with E-state index in [0.29, 0.717) is 11.3 Å². The van der Waals surface area contributed by atoms with Crippen LogP contribution in [0.5, 0.6) is 0 Å². The highest BCUT2D eigenvalue weighted by atomic mass is 16.5. The number of aliphatic hydroxyl groups is 2. The number of aromatic nitrogens is 1. The fourth-order valence-corrected chi connectivity index (χ4v) is 1.19. The van der Waals surface area contributed by atoms with Crippen molar-refractivity contribution in [3.8, 4) is 0 Å². The lowest BCUT2D eigenvalue weighted by Crippen LogP contribution is -2.12. The number of ether oxygens (including phenoxy) is 1. The lowest BCUT2D eigenvalue weighted by molar-refractivity contribution is 0.0590. The second-order valence-corrected chi connectivity index (χ2v) is 3.09. The molecule has 1 unspecified atom stereocenters. The van der Waals surface area contributed by atoms with Gasteiger partial charge in [-0.05, 0) is 18.6 Å². The van der Waals surface area contributed by atoms with Gasteiger partial charge in [-0.3, -0.25) is 0 Å². The summed E-state index contributed by atoms with van der Waals surface area (Å²) in [6.45, 7) is 1.31. The van der Waals surface area contributed by atoms with Crippen LogP contribution in [-0.2, 0) is 4.74 Å². The summed E-state index contributed by atoms with van der Waals surface area (Å²) in [6, 6.07) is 3.15. The number of rotatable bonds is 3. The number of aliphatic hydroxyl groups excluding tert-OH is 2. The molecule has 15 heavy (non-hydrogen) atoms. The zero-order chi connectivity index (χ0) is 11.4. The zero-order valence-electron chi connectivity index (χ0n) is 8.60. The highest BCUT2D eigenvalue weighted by Gasteiger charge is 2.15. The quantitative estimate of drug-likeness (QED) is 0.698. The summed E-state index contributed by atoms with van der Waals surface area (Å²) in [6.07, 6.45) is -1.07. The van der Waals surface area contributed by atoms with Crippen LogP contribution in [0.3, 0.4) is 0 Å². The third-order valence-corrected chi connectivity index (χ3v) is 2.02. The van der Waals surface area contributed by atoms with Crippen LogP contribution in [0.25, 0.3) is 0 Å². The standard InChI is InChI=1S/C10H13NO4/c1-6-3-4-7(10(14)15-2)11-9(6)8(13)5-12/h3-4,8,12-13H,5H2,1-2H3. The number of esters is 1. The van der Waals surface area contributed by atoms with Crippen molar-refractivity contribution >= 4 is 5.97 Å². The highest BCUT2D eigenvalue weighted by Crippen LogP contribution is 2.15. The van der Waals surface area contributed by atoms with Crippen molar-refractivity contribution in [1.29, 1.82) is 0 Å². The molecule has 0 aliphatic rings. The molecule has 0 saturated carbocycles. The van der Waals surface area contributed by atoms with Crippen molar-refractivity contribution in [2.24, 2.45) is 0 Å². The minimum Gasteiger partial charge on any atom is -0.464 e. The second-order valence-electron chi connectivity index (χ2n) is 3.09. The van der Waals surface area contributed by atoms with Crippen molar-refractivity contribution in [3.05, 3.63) is 29.1 Å². The van der Waals surface area contributed by atoms with Gasteiger partial charge in [-0.15, -0.1) is 0 Å². The first-order valence-corrected chi connectivity index (χ1v) is 4.45. The van der Waals surface area contributed by atoms with Gasteiger partial charge in [0.2, 0.25) is 0 Å². The highest BCUT2D eigenvalue weighted by molar-refractivity contribution is 5.87. The molecule has 1 atom stereocenters. The molecule has 0 spiro atoms. The van der Waals surface area contributed by atoms with Gasteiger partial charge < -0.3 is 14.9 Å². The topological polar surface area (TPSA) is 79.7 Å². The number of aryl methyl sites for hydroxylation is 1. The van der Waals surface area contributed by atoms with E-state index in [-0.39, 0.29) is 5.69 Å². The molecule has 0 saturated heterocycles. The zero-order valence-corrected chi connectivity index (χ0v) is 8.60. The molecule has 1 aromatic heterocycles. The van der Waals surface area contributed by atoms with Gasteiger partial charge in [-0.25, -0.2) is 9.78 Å². The van der Waals surface area contributed by atoms with E-state index in [9.17, 15) is 9.90 Å². The average molecular weight is 211 g/mol. The number of nitrogens with zero attached hydrogens (tertiary/aromatic N) is 1. The molecule has 5 heteroatoms. The van der Waals surface area contributed by atoms with E-state index in [0.717, 1.165) is 0 Å². The molecular weight excluding hydrogens is 198 g/mol. The van der Waals surface area contributed by atoms with E-state index >= 15 is 0 Å². The number of methoxy groups -OCH3 is 1. The molecule has 0 amide bonds. The minimum absolute atomic E-state index is 0.116. The van der Waals surface area contributed by atoms with E-state index in [2.05, 4.69) is 9.72 Å². The number of carbonyl (C=O) groups excluding carboxylic acids is 1. The molecule has 0 bridgehead atoms. The SMILES string of the molecule is COC(=O)c1ccc(C)c(C(O)CO)n1. The Kier molecular flexibility index (Phi) is 3.76. The Labute approximate surface area is 87.3 Å². The van der Waals surface area contributed by atoms with E-state index in [1.165, 1.54) is 13.2 Å². The molecule has 1 rings (SSSR count). The molecule has 0 aliphatic carbocycles. The van der Waals surface area contributed by atoms with Gasteiger partial charge in [-0.2, -0.15) is 0 Å². The van der Waals surface area contributed by atoms with Gasteiger partial charge in [0.1, 0.15) is 11.8 Å². The van der Waals surface area contributed by atoms with Gasteiger partial charge in [0.15, 0.2) is 0 Å². The van der Waals surface area contributed by atoms with Gasteiger partial charge in [0.25, 0.3) is 0 Å². The summed E-state index contributed by atoms with van der Waals surface area (Å²) in [7, 11) is 1.26. The first-order chi connectivity index (χ1) is 7.10. The van der Waals surface area contributed by atoms with Crippen LogP contribution in [0, 0.1) is 6.92 Å². The van der Waals surface area contributed by atoms with Crippen LogP contribution in [0.2, 0.25) is 0 Å². The third-order valence-electron chi connectivity index (χ3n) is 2.02. The Morgan fingerprint density at radius 3 is 2.80 bits per heavy atom. The van der Waals surface area contributed by atoms with Crippen LogP contribution in [0.4, 0.5) is 0 Å². The van der Waals surface area contributed by atoms with Crippen molar-refractivity contribution in [3.63, 3.8) is 0 Å². The van der Waals surface area contributed by atoms with Crippen LogP contribution in [-0.4, -0.2) is 34.9 Å². The predicted molar refractivity (Wildman–Crippen MR) is 52.4 cm³/mol. The summed E-state index contributed by atoms with van der Waals surface area (Å²) in [5.41, 5.74) is 1.12. The summed E-state index contributed by atoms with van der Waals surface area (Å²) in [5.74, 6) is -0.568. The lowest BCUT2D eigenvalue weighted by atomic mass is 10.1. The monoisotopic (exact) mass is 211 g/mol. The number of hydrogen-bond donors (Lipinski definition) is 2. The first kappa shape index (κ1) is 11.6. The molecule has 5 nitrogen and oxygen atoms in total. The molecule has 1 aromatic rings. The molecule has 0 aromatic carbocycles. The molecule has 1 heterocycles. The Morgan fingerprint density at radius 1 is 1.60 bits per heavy atom.